The molecule has 0 bridgehead atoms. The average molecular weight is 194 g/mol. The molecule has 1 rings (SSSR count). The maximum Gasteiger partial charge on any atom is 0.136 e. The van der Waals surface area contributed by atoms with Crippen molar-refractivity contribution in [1.29, 1.82) is 0 Å². The van der Waals surface area contributed by atoms with Crippen LogP contribution in [0, 0.1) is 0 Å². The molecule has 1 heterocycles. The predicted octanol–water partition coefficient (Wildman–Crippen LogP) is 4.43. The van der Waals surface area contributed by atoms with Gasteiger partial charge < -0.3 is 4.98 Å². The fraction of sp³-hybridized carbons (Fsp3) is 0.417. The van der Waals surface area contributed by atoms with E-state index in [2.05, 4.69) is 16.6 Å². The van der Waals surface area contributed by atoms with Gasteiger partial charge in [0.05, 0.1) is 0 Å². The first kappa shape index (κ1) is 15.2. The molecule has 0 aliphatic rings. The molecule has 14 heavy (non-hydrogen) atoms. The van der Waals surface area contributed by atoms with Crippen molar-refractivity contribution in [1.82, 2.24) is 4.98 Å². The highest BCUT2D eigenvalue weighted by molar-refractivity contribution is 5.66. The van der Waals surface area contributed by atoms with Crippen molar-refractivity contribution in [2.45, 2.75) is 34.6 Å². The third-order valence-electron chi connectivity index (χ3n) is 1.23. The Morgan fingerprint density at radius 2 is 1.86 bits per heavy atom. The topological polar surface area (TPSA) is 28.1 Å². The molecule has 0 aliphatic heterocycles. The van der Waals surface area contributed by atoms with Crippen LogP contribution in [-0.2, 0) is 0 Å². The van der Waals surface area contributed by atoms with E-state index in [0.717, 1.165) is 11.4 Å². The van der Waals surface area contributed by atoms with Crippen molar-refractivity contribution in [3.63, 3.8) is 0 Å². The van der Waals surface area contributed by atoms with Crippen LogP contribution in [0.1, 0.15) is 40.2 Å². The van der Waals surface area contributed by atoms with E-state index in [4.69, 9.17) is 0 Å². The Morgan fingerprint density at radius 1 is 1.29 bits per heavy atom. The maximum atomic E-state index is 4.09. The molecular formula is C12H22N2. The van der Waals surface area contributed by atoms with Gasteiger partial charge in [0.1, 0.15) is 5.82 Å². The molecule has 0 saturated carbocycles. The number of aromatic amines is 1. The summed E-state index contributed by atoms with van der Waals surface area (Å²) in [7, 11) is 0. The molecule has 0 unspecified atom stereocenters. The van der Waals surface area contributed by atoms with Crippen molar-refractivity contribution < 1.29 is 0 Å². The van der Waals surface area contributed by atoms with Gasteiger partial charge in [0, 0.05) is 18.0 Å². The molecule has 0 amide bonds. The molecule has 1 aromatic heterocycles. The number of nitrogens with zero attached hydrogens (tertiary/aromatic N) is 1. The van der Waals surface area contributed by atoms with E-state index in [-0.39, 0.29) is 0 Å². The number of aliphatic imine (C=N–C) groups is 1. The van der Waals surface area contributed by atoms with E-state index in [1.54, 1.807) is 12.3 Å². The molecular weight excluding hydrogens is 172 g/mol. The fourth-order valence-electron chi connectivity index (χ4n) is 0.778. The van der Waals surface area contributed by atoms with Crippen LogP contribution in [0.4, 0.5) is 5.82 Å². The number of aromatic nitrogens is 1. The van der Waals surface area contributed by atoms with Crippen molar-refractivity contribution in [3.8, 4) is 0 Å². The van der Waals surface area contributed by atoms with E-state index in [1.807, 2.05) is 46.9 Å². The summed E-state index contributed by atoms with van der Waals surface area (Å²) >= 11 is 0. The Hall–Kier alpha value is -1.31. The summed E-state index contributed by atoms with van der Waals surface area (Å²) in [5.41, 5.74) is 1.04. The molecule has 80 valence electrons. The van der Waals surface area contributed by atoms with Crippen LogP contribution in [-0.4, -0.2) is 11.2 Å². The van der Waals surface area contributed by atoms with E-state index in [1.165, 1.54) is 0 Å². The summed E-state index contributed by atoms with van der Waals surface area (Å²) in [4.78, 5) is 7.07. The van der Waals surface area contributed by atoms with Crippen molar-refractivity contribution >= 4 is 18.1 Å². The van der Waals surface area contributed by atoms with Crippen LogP contribution in [0.25, 0.3) is 6.08 Å². The van der Waals surface area contributed by atoms with Crippen LogP contribution in [0.3, 0.4) is 0 Å². The second-order valence-corrected chi connectivity index (χ2v) is 1.87. The van der Waals surface area contributed by atoms with Crippen LogP contribution in [0.2, 0.25) is 0 Å². The minimum Gasteiger partial charge on any atom is -0.346 e. The highest BCUT2D eigenvalue weighted by Crippen LogP contribution is 2.16. The monoisotopic (exact) mass is 194 g/mol. The SMILES string of the molecule is C=Cc1cc[nH]c1/N=C\C.CC.CC. The molecule has 2 nitrogen and oxygen atoms in total. The van der Waals surface area contributed by atoms with Crippen LogP contribution in [0.5, 0.6) is 0 Å². The molecule has 1 aromatic rings. The van der Waals surface area contributed by atoms with Crippen molar-refractivity contribution in [3.05, 3.63) is 24.4 Å². The predicted molar refractivity (Wildman–Crippen MR) is 67.4 cm³/mol. The van der Waals surface area contributed by atoms with Crippen molar-refractivity contribution in [2.24, 2.45) is 4.99 Å². The molecule has 0 atom stereocenters. The van der Waals surface area contributed by atoms with E-state index < -0.39 is 0 Å². The zero-order chi connectivity index (χ0) is 11.4. The second kappa shape index (κ2) is 11.7. The smallest absolute Gasteiger partial charge is 0.136 e. The zero-order valence-electron chi connectivity index (χ0n) is 9.96. The molecule has 2 heteroatoms. The Kier molecular flexibility index (Phi) is 12.7. The van der Waals surface area contributed by atoms with E-state index in [9.17, 15) is 0 Å². The standard InChI is InChI=1S/C8H10N2.2C2H6/c1-3-7-5-6-10-8(7)9-4-2;2*1-2/h3-6,10H,1H2,2H3;2*1-2H3/b9-4-;;. The lowest BCUT2D eigenvalue weighted by Crippen LogP contribution is -1.66. The van der Waals surface area contributed by atoms with Crippen LogP contribution < -0.4 is 0 Å². The second-order valence-electron chi connectivity index (χ2n) is 1.87. The Bertz CT molecular complexity index is 247. The molecule has 0 saturated heterocycles. The van der Waals surface area contributed by atoms with E-state index in [0.29, 0.717) is 0 Å². The first-order chi connectivity index (χ1) is 6.88. The molecule has 0 radical (unpaired) electrons. The van der Waals surface area contributed by atoms with Gasteiger partial charge in [0.2, 0.25) is 0 Å². The molecule has 0 aromatic carbocycles. The lowest BCUT2D eigenvalue weighted by atomic mass is 10.3. The van der Waals surface area contributed by atoms with Gasteiger partial charge in [-0.05, 0) is 13.0 Å². The molecule has 0 spiro atoms. The van der Waals surface area contributed by atoms with Crippen LogP contribution >= 0.6 is 0 Å². The Labute approximate surface area is 87.8 Å². The largest absolute Gasteiger partial charge is 0.346 e. The lowest BCUT2D eigenvalue weighted by Gasteiger charge is -1.87. The summed E-state index contributed by atoms with van der Waals surface area (Å²) < 4.78 is 0. The van der Waals surface area contributed by atoms with Gasteiger partial charge in [0.25, 0.3) is 0 Å². The molecule has 1 N–H and O–H groups in total. The average Bonchev–Trinajstić information content (AvgIpc) is 2.72. The van der Waals surface area contributed by atoms with Gasteiger partial charge in [-0.2, -0.15) is 0 Å². The Balaban J connectivity index is 0. The van der Waals surface area contributed by atoms with Gasteiger partial charge in [-0.1, -0.05) is 40.3 Å². The summed E-state index contributed by atoms with van der Waals surface area (Å²) in [5.74, 6) is 0.873. The zero-order valence-corrected chi connectivity index (χ0v) is 9.96. The third kappa shape index (κ3) is 5.36. The Morgan fingerprint density at radius 3 is 2.29 bits per heavy atom. The minimum absolute atomic E-state index is 0.873. The number of H-pyrrole nitrogens is 1. The van der Waals surface area contributed by atoms with Gasteiger partial charge in [-0.25, -0.2) is 4.99 Å². The van der Waals surface area contributed by atoms with Gasteiger partial charge in [-0.3, -0.25) is 0 Å². The minimum atomic E-state index is 0.873. The first-order valence-electron chi connectivity index (χ1n) is 5.17. The number of hydrogen-bond donors (Lipinski definition) is 1. The summed E-state index contributed by atoms with van der Waals surface area (Å²) in [6.07, 6.45) is 5.37. The summed E-state index contributed by atoms with van der Waals surface area (Å²) in [6.45, 7) is 13.5. The highest BCUT2D eigenvalue weighted by atomic mass is 14.9. The summed E-state index contributed by atoms with van der Waals surface area (Å²) in [6, 6.07) is 1.94. The van der Waals surface area contributed by atoms with Gasteiger partial charge in [-0.15, -0.1) is 0 Å². The molecule has 0 aliphatic carbocycles. The molecule has 0 fully saturated rings. The number of hydrogen-bond acceptors (Lipinski definition) is 1. The highest BCUT2D eigenvalue weighted by Gasteiger charge is 1.93. The lowest BCUT2D eigenvalue weighted by molar-refractivity contribution is 1.34. The fourth-order valence-corrected chi connectivity index (χ4v) is 0.778. The number of nitrogens with one attached hydrogen (secondary N) is 1. The maximum absolute atomic E-state index is 4.09. The third-order valence-corrected chi connectivity index (χ3v) is 1.23. The van der Waals surface area contributed by atoms with Gasteiger partial charge in [0.15, 0.2) is 0 Å². The quantitative estimate of drug-likeness (QED) is 0.674. The van der Waals surface area contributed by atoms with Gasteiger partial charge >= 0.3 is 0 Å². The van der Waals surface area contributed by atoms with Crippen LogP contribution in [0.15, 0.2) is 23.8 Å². The summed E-state index contributed by atoms with van der Waals surface area (Å²) in [5, 5.41) is 0. The van der Waals surface area contributed by atoms with Crippen molar-refractivity contribution in [2.75, 3.05) is 0 Å². The normalized spacial score (nSPS) is 8.36. The first-order valence-corrected chi connectivity index (χ1v) is 5.17. The van der Waals surface area contributed by atoms with E-state index >= 15 is 0 Å². The number of rotatable bonds is 2.